The second kappa shape index (κ2) is 14.4. The van der Waals surface area contributed by atoms with E-state index < -0.39 is 0 Å². The van der Waals surface area contributed by atoms with Crippen LogP contribution in [0.5, 0.6) is 0 Å². The third kappa shape index (κ3) is 10.1. The quantitative estimate of drug-likeness (QED) is 0.388. The molecule has 0 bridgehead atoms. The van der Waals surface area contributed by atoms with E-state index in [-0.39, 0.29) is 0 Å². The molecule has 1 rings (SSSR count). The third-order valence-electron chi connectivity index (χ3n) is 3.85. The molecule has 0 heterocycles. The van der Waals surface area contributed by atoms with Gasteiger partial charge in [0, 0.05) is 19.8 Å². The first-order valence-electron chi connectivity index (χ1n) is 9.65. The monoisotopic (exact) mass is 336 g/mol. The minimum absolute atomic E-state index is 0.671. The van der Waals surface area contributed by atoms with E-state index in [1.165, 1.54) is 36.0 Å². The van der Waals surface area contributed by atoms with Crippen LogP contribution in [-0.4, -0.2) is 19.8 Å². The number of hydrogen-bond donors (Lipinski definition) is 0. The van der Waals surface area contributed by atoms with E-state index in [2.05, 4.69) is 39.0 Å². The van der Waals surface area contributed by atoms with Crippen molar-refractivity contribution in [1.29, 1.82) is 0 Å². The van der Waals surface area contributed by atoms with Crippen LogP contribution in [0, 0.1) is 0 Å². The summed E-state index contributed by atoms with van der Waals surface area (Å²) in [4.78, 5) is 0. The van der Waals surface area contributed by atoms with Gasteiger partial charge in [0.05, 0.1) is 19.8 Å². The highest BCUT2D eigenvalue weighted by atomic mass is 16.5. The maximum absolute atomic E-state index is 5.77. The minimum Gasteiger partial charge on any atom is -0.377 e. The fourth-order valence-electron chi connectivity index (χ4n) is 2.40. The van der Waals surface area contributed by atoms with Crippen molar-refractivity contribution in [1.82, 2.24) is 0 Å². The Labute approximate surface area is 148 Å². The number of benzene rings is 1. The highest BCUT2D eigenvalue weighted by molar-refractivity contribution is 5.29. The van der Waals surface area contributed by atoms with Crippen molar-refractivity contribution in [3.63, 3.8) is 0 Å². The van der Waals surface area contributed by atoms with Gasteiger partial charge in [0.15, 0.2) is 0 Å². The Morgan fingerprint density at radius 1 is 0.542 bits per heavy atom. The molecule has 0 aliphatic rings. The highest BCUT2D eigenvalue weighted by Gasteiger charge is 2.03. The molecule has 0 saturated carbocycles. The molecule has 1 aromatic carbocycles. The fraction of sp³-hybridized carbons (Fsp3) is 0.714. The topological polar surface area (TPSA) is 27.7 Å². The van der Waals surface area contributed by atoms with Gasteiger partial charge in [-0.25, -0.2) is 0 Å². The zero-order valence-electron chi connectivity index (χ0n) is 15.9. The van der Waals surface area contributed by atoms with Crippen molar-refractivity contribution < 1.29 is 14.2 Å². The summed E-state index contributed by atoms with van der Waals surface area (Å²) in [5.41, 5.74) is 3.66. The van der Waals surface area contributed by atoms with Crippen molar-refractivity contribution in [2.75, 3.05) is 19.8 Å². The first-order chi connectivity index (χ1) is 11.8. The van der Waals surface area contributed by atoms with Gasteiger partial charge in [0.1, 0.15) is 0 Å². The van der Waals surface area contributed by atoms with Crippen molar-refractivity contribution >= 4 is 0 Å². The van der Waals surface area contributed by atoms with Crippen LogP contribution in [0.2, 0.25) is 0 Å². The lowest BCUT2D eigenvalue weighted by Crippen LogP contribution is -2.02. The highest BCUT2D eigenvalue weighted by Crippen LogP contribution is 2.15. The number of hydrogen-bond acceptors (Lipinski definition) is 3. The molecule has 3 heteroatoms. The predicted octanol–water partition coefficient (Wildman–Crippen LogP) is 5.64. The van der Waals surface area contributed by atoms with Crippen LogP contribution in [-0.2, 0) is 34.0 Å². The van der Waals surface area contributed by atoms with Crippen molar-refractivity contribution in [3.8, 4) is 0 Å². The van der Waals surface area contributed by atoms with Crippen molar-refractivity contribution in [2.45, 2.75) is 79.1 Å². The molecule has 0 fully saturated rings. The minimum atomic E-state index is 0.671. The predicted molar refractivity (Wildman–Crippen MR) is 100 cm³/mol. The lowest BCUT2D eigenvalue weighted by Gasteiger charge is -2.11. The number of rotatable bonds is 15. The van der Waals surface area contributed by atoms with E-state index >= 15 is 0 Å². The maximum atomic E-state index is 5.77. The van der Waals surface area contributed by atoms with Crippen LogP contribution in [0.3, 0.4) is 0 Å². The average Bonchev–Trinajstić information content (AvgIpc) is 2.59. The van der Waals surface area contributed by atoms with Crippen molar-refractivity contribution in [3.05, 3.63) is 34.9 Å². The smallest absolute Gasteiger partial charge is 0.0717 e. The Kier molecular flexibility index (Phi) is 12.7. The summed E-state index contributed by atoms with van der Waals surface area (Å²) < 4.78 is 17.3. The summed E-state index contributed by atoms with van der Waals surface area (Å²) in [6.45, 7) is 11.1. The first-order valence-corrected chi connectivity index (χ1v) is 9.65. The Balaban J connectivity index is 2.58. The van der Waals surface area contributed by atoms with E-state index in [0.717, 1.165) is 39.1 Å². The largest absolute Gasteiger partial charge is 0.377 e. The molecule has 0 atom stereocenters. The molecule has 0 aliphatic carbocycles. The molecule has 0 saturated heterocycles. The SMILES string of the molecule is CCCCOCc1cc(COCCCC)cc(COCCCC)c1. The normalized spacial score (nSPS) is 11.1. The molecule has 0 aliphatic heterocycles. The van der Waals surface area contributed by atoms with E-state index in [9.17, 15) is 0 Å². The van der Waals surface area contributed by atoms with Gasteiger partial charge in [-0.2, -0.15) is 0 Å². The van der Waals surface area contributed by atoms with Crippen molar-refractivity contribution in [2.24, 2.45) is 0 Å². The third-order valence-corrected chi connectivity index (χ3v) is 3.85. The average molecular weight is 337 g/mol. The molecule has 0 N–H and O–H groups in total. The van der Waals surface area contributed by atoms with Gasteiger partial charge >= 0.3 is 0 Å². The Morgan fingerprint density at radius 3 is 1.08 bits per heavy atom. The maximum Gasteiger partial charge on any atom is 0.0717 e. The van der Waals surface area contributed by atoms with Crippen LogP contribution < -0.4 is 0 Å². The van der Waals surface area contributed by atoms with Gasteiger partial charge in [-0.3, -0.25) is 0 Å². The second-order valence-electron chi connectivity index (χ2n) is 6.38. The standard InChI is InChI=1S/C21H36O3/c1-4-7-10-22-16-19-13-20(17-23-11-8-5-2)15-21(14-19)18-24-12-9-6-3/h13-15H,4-12,16-18H2,1-3H3. The van der Waals surface area contributed by atoms with E-state index in [4.69, 9.17) is 14.2 Å². The van der Waals surface area contributed by atoms with E-state index in [1.807, 2.05) is 0 Å². The molecule has 0 unspecified atom stereocenters. The molecule has 0 radical (unpaired) electrons. The number of unbranched alkanes of at least 4 members (excludes halogenated alkanes) is 3. The lowest BCUT2D eigenvalue weighted by atomic mass is 10.1. The van der Waals surface area contributed by atoms with Crippen LogP contribution in [0.4, 0.5) is 0 Å². The number of ether oxygens (including phenoxy) is 3. The van der Waals surface area contributed by atoms with Gasteiger partial charge in [0.25, 0.3) is 0 Å². The molecular weight excluding hydrogens is 300 g/mol. The summed E-state index contributed by atoms with van der Waals surface area (Å²) in [6, 6.07) is 6.61. The van der Waals surface area contributed by atoms with Gasteiger partial charge in [-0.1, -0.05) is 58.2 Å². The lowest BCUT2D eigenvalue weighted by molar-refractivity contribution is 0.110. The molecule has 3 nitrogen and oxygen atoms in total. The summed E-state index contributed by atoms with van der Waals surface area (Å²) >= 11 is 0. The molecule has 0 spiro atoms. The molecular formula is C21H36O3. The second-order valence-corrected chi connectivity index (χ2v) is 6.38. The van der Waals surface area contributed by atoms with Crippen LogP contribution >= 0.6 is 0 Å². The summed E-state index contributed by atoms with van der Waals surface area (Å²) in [7, 11) is 0. The molecule has 0 aromatic heterocycles. The van der Waals surface area contributed by atoms with Gasteiger partial charge in [0.2, 0.25) is 0 Å². The molecule has 0 amide bonds. The Hall–Kier alpha value is -0.900. The molecule has 1 aromatic rings. The van der Waals surface area contributed by atoms with Crippen LogP contribution in [0.1, 0.15) is 76.0 Å². The summed E-state index contributed by atoms with van der Waals surface area (Å²) in [6.07, 6.45) is 6.86. The summed E-state index contributed by atoms with van der Waals surface area (Å²) in [5.74, 6) is 0. The first kappa shape index (κ1) is 21.1. The zero-order valence-corrected chi connectivity index (χ0v) is 15.9. The molecule has 24 heavy (non-hydrogen) atoms. The van der Waals surface area contributed by atoms with Gasteiger partial charge < -0.3 is 14.2 Å². The molecule has 138 valence electrons. The van der Waals surface area contributed by atoms with E-state index in [0.29, 0.717) is 19.8 Å². The van der Waals surface area contributed by atoms with E-state index in [1.54, 1.807) is 0 Å². The zero-order chi connectivity index (χ0) is 17.5. The van der Waals surface area contributed by atoms with Gasteiger partial charge in [-0.15, -0.1) is 0 Å². The summed E-state index contributed by atoms with van der Waals surface area (Å²) in [5, 5.41) is 0. The van der Waals surface area contributed by atoms with Crippen LogP contribution in [0.25, 0.3) is 0 Å². The Morgan fingerprint density at radius 2 is 0.833 bits per heavy atom. The Bertz CT molecular complexity index is 343. The van der Waals surface area contributed by atoms with Gasteiger partial charge in [-0.05, 0) is 36.0 Å². The fourth-order valence-corrected chi connectivity index (χ4v) is 2.40. The van der Waals surface area contributed by atoms with Crippen LogP contribution in [0.15, 0.2) is 18.2 Å².